The summed E-state index contributed by atoms with van der Waals surface area (Å²) in [5, 5.41) is 12.3. The van der Waals surface area contributed by atoms with Gasteiger partial charge in [-0.3, -0.25) is 4.90 Å². The summed E-state index contributed by atoms with van der Waals surface area (Å²) in [6.45, 7) is 2.89. The third-order valence-corrected chi connectivity index (χ3v) is 4.01. The van der Waals surface area contributed by atoms with E-state index >= 15 is 0 Å². The fourth-order valence-corrected chi connectivity index (χ4v) is 2.85. The Morgan fingerprint density at radius 1 is 1.21 bits per heavy atom. The van der Waals surface area contributed by atoms with Crippen LogP contribution >= 0.6 is 0 Å². The van der Waals surface area contributed by atoms with Crippen LogP contribution in [0.1, 0.15) is 24.4 Å². The smallest absolute Gasteiger partial charge is 0.428 e. The van der Waals surface area contributed by atoms with E-state index in [9.17, 15) is 17.6 Å². The fourth-order valence-electron chi connectivity index (χ4n) is 2.85. The summed E-state index contributed by atoms with van der Waals surface area (Å²) in [5.41, 5.74) is 0.438. The normalized spacial score (nSPS) is 17.9. The molecule has 1 fully saturated rings. The SMILES string of the molecule is OCCC[C@@H](c1ccccc1OC(F)(F)C(F)F)N1CCNCC1. The summed E-state index contributed by atoms with van der Waals surface area (Å²) in [6, 6.07) is 5.75. The molecule has 1 heterocycles. The van der Waals surface area contributed by atoms with E-state index in [0.29, 0.717) is 31.5 Å². The van der Waals surface area contributed by atoms with Gasteiger partial charge in [-0.25, -0.2) is 0 Å². The number of hydrogen-bond acceptors (Lipinski definition) is 4. The first-order chi connectivity index (χ1) is 11.5. The second kappa shape index (κ2) is 8.64. The summed E-state index contributed by atoms with van der Waals surface area (Å²) >= 11 is 0. The van der Waals surface area contributed by atoms with Crippen LogP contribution in [0.2, 0.25) is 0 Å². The lowest BCUT2D eigenvalue weighted by Crippen LogP contribution is -2.45. The molecule has 4 nitrogen and oxygen atoms in total. The summed E-state index contributed by atoms with van der Waals surface area (Å²) in [7, 11) is 0. The zero-order chi connectivity index (χ0) is 17.6. The Hall–Kier alpha value is -1.38. The molecular weight excluding hydrogens is 328 g/mol. The van der Waals surface area contributed by atoms with E-state index in [4.69, 9.17) is 5.11 Å². The van der Waals surface area contributed by atoms with Gasteiger partial charge in [-0.15, -0.1) is 0 Å². The van der Waals surface area contributed by atoms with Gasteiger partial charge in [0.1, 0.15) is 5.75 Å². The lowest BCUT2D eigenvalue weighted by Gasteiger charge is -2.36. The number of ether oxygens (including phenoxy) is 1. The Balaban J connectivity index is 2.28. The first kappa shape index (κ1) is 19.0. The van der Waals surface area contributed by atoms with Gasteiger partial charge in [0.05, 0.1) is 0 Å². The van der Waals surface area contributed by atoms with Gasteiger partial charge in [-0.05, 0) is 18.9 Å². The molecule has 1 atom stereocenters. The van der Waals surface area contributed by atoms with Gasteiger partial charge in [0.15, 0.2) is 0 Å². The van der Waals surface area contributed by atoms with Crippen LogP contribution in [0.15, 0.2) is 24.3 Å². The first-order valence-corrected chi connectivity index (χ1v) is 7.95. The summed E-state index contributed by atoms with van der Waals surface area (Å²) < 4.78 is 55.9. The summed E-state index contributed by atoms with van der Waals surface area (Å²) in [6.07, 6.45) is -7.44. The highest BCUT2D eigenvalue weighted by Gasteiger charge is 2.44. The van der Waals surface area contributed by atoms with Crippen molar-refractivity contribution in [2.24, 2.45) is 0 Å². The van der Waals surface area contributed by atoms with Gasteiger partial charge < -0.3 is 15.2 Å². The molecule has 0 amide bonds. The van der Waals surface area contributed by atoms with E-state index < -0.39 is 12.5 Å². The zero-order valence-corrected chi connectivity index (χ0v) is 13.2. The maximum absolute atomic E-state index is 13.3. The molecule has 2 rings (SSSR count). The molecule has 1 aromatic carbocycles. The van der Waals surface area contributed by atoms with E-state index in [1.807, 2.05) is 0 Å². The Bertz CT molecular complexity index is 511. The number of halogens is 4. The van der Waals surface area contributed by atoms with Crippen molar-refractivity contribution >= 4 is 0 Å². The molecule has 0 saturated carbocycles. The molecule has 8 heteroatoms. The Morgan fingerprint density at radius 3 is 2.50 bits per heavy atom. The minimum absolute atomic E-state index is 0.0290. The maximum Gasteiger partial charge on any atom is 0.461 e. The molecule has 0 aliphatic carbocycles. The van der Waals surface area contributed by atoms with Crippen molar-refractivity contribution in [1.29, 1.82) is 0 Å². The summed E-state index contributed by atoms with van der Waals surface area (Å²) in [4.78, 5) is 2.09. The molecule has 0 aromatic heterocycles. The number of nitrogens with one attached hydrogen (secondary N) is 1. The monoisotopic (exact) mass is 350 g/mol. The molecule has 136 valence electrons. The van der Waals surface area contributed by atoms with Crippen molar-refractivity contribution in [3.05, 3.63) is 29.8 Å². The Labute approximate surface area is 138 Å². The second-order valence-electron chi connectivity index (χ2n) is 5.67. The molecule has 2 N–H and O–H groups in total. The second-order valence-corrected chi connectivity index (χ2v) is 5.67. The van der Waals surface area contributed by atoms with Crippen molar-refractivity contribution in [1.82, 2.24) is 10.2 Å². The van der Waals surface area contributed by atoms with Gasteiger partial charge >= 0.3 is 12.5 Å². The Morgan fingerprint density at radius 2 is 1.88 bits per heavy atom. The molecule has 0 unspecified atom stereocenters. The third kappa shape index (κ3) is 4.81. The predicted octanol–water partition coefficient (Wildman–Crippen LogP) is 2.64. The quantitative estimate of drug-likeness (QED) is 0.708. The van der Waals surface area contributed by atoms with Crippen LogP contribution in [-0.2, 0) is 0 Å². The molecule has 24 heavy (non-hydrogen) atoms. The molecule has 0 radical (unpaired) electrons. The van der Waals surface area contributed by atoms with E-state index in [0.717, 1.165) is 13.1 Å². The summed E-state index contributed by atoms with van der Waals surface area (Å²) in [5.74, 6) is -0.246. The molecular formula is C16H22F4N2O2. The fraction of sp³-hybridized carbons (Fsp3) is 0.625. The van der Waals surface area contributed by atoms with Crippen LogP contribution in [0.5, 0.6) is 5.75 Å². The van der Waals surface area contributed by atoms with Crippen LogP contribution in [0.25, 0.3) is 0 Å². The number of nitrogens with zero attached hydrogens (tertiary/aromatic N) is 1. The van der Waals surface area contributed by atoms with Gasteiger partial charge in [0.2, 0.25) is 0 Å². The maximum atomic E-state index is 13.3. The van der Waals surface area contributed by atoms with Gasteiger partial charge in [-0.1, -0.05) is 18.2 Å². The number of para-hydroxylation sites is 1. The lowest BCUT2D eigenvalue weighted by atomic mass is 9.98. The average molecular weight is 350 g/mol. The number of rotatable bonds is 8. The van der Waals surface area contributed by atoms with E-state index in [1.54, 1.807) is 12.1 Å². The number of aliphatic hydroxyl groups is 1. The first-order valence-electron chi connectivity index (χ1n) is 7.95. The number of benzene rings is 1. The molecule has 1 aliphatic rings. The minimum atomic E-state index is -4.54. The topological polar surface area (TPSA) is 44.7 Å². The number of alkyl halides is 4. The van der Waals surface area contributed by atoms with Crippen molar-refractivity contribution in [3.8, 4) is 5.75 Å². The zero-order valence-electron chi connectivity index (χ0n) is 13.2. The molecule has 1 saturated heterocycles. The minimum Gasteiger partial charge on any atom is -0.428 e. The van der Waals surface area contributed by atoms with Gasteiger partial charge in [0.25, 0.3) is 0 Å². The lowest BCUT2D eigenvalue weighted by molar-refractivity contribution is -0.253. The van der Waals surface area contributed by atoms with Crippen molar-refractivity contribution < 1.29 is 27.4 Å². The average Bonchev–Trinajstić information content (AvgIpc) is 2.57. The standard InChI is InChI=1S/C16H22F4N2O2/c17-15(18)16(19,20)24-14-6-2-1-4-12(14)13(5-3-11-23)22-9-7-21-8-10-22/h1-2,4,6,13,15,21,23H,3,5,7-11H2/t13-/m0/s1. The number of hydrogen-bond donors (Lipinski definition) is 2. The van der Waals surface area contributed by atoms with Crippen LogP contribution in [0.4, 0.5) is 17.6 Å². The number of piperazine rings is 1. The highest BCUT2D eigenvalue weighted by molar-refractivity contribution is 5.36. The van der Waals surface area contributed by atoms with Crippen LogP contribution in [0, 0.1) is 0 Å². The van der Waals surface area contributed by atoms with Crippen molar-refractivity contribution in [2.75, 3.05) is 32.8 Å². The third-order valence-electron chi connectivity index (χ3n) is 4.01. The highest BCUT2D eigenvalue weighted by Crippen LogP contribution is 2.36. The van der Waals surface area contributed by atoms with Crippen molar-refractivity contribution in [2.45, 2.75) is 31.4 Å². The molecule has 1 aromatic rings. The molecule has 0 bridgehead atoms. The van der Waals surface area contributed by atoms with Crippen molar-refractivity contribution in [3.63, 3.8) is 0 Å². The molecule has 1 aliphatic heterocycles. The largest absolute Gasteiger partial charge is 0.461 e. The van der Waals surface area contributed by atoms with Gasteiger partial charge in [-0.2, -0.15) is 17.6 Å². The van der Waals surface area contributed by atoms with Gasteiger partial charge in [0, 0.05) is 44.4 Å². The molecule has 0 spiro atoms. The van der Waals surface area contributed by atoms with Crippen LogP contribution in [0.3, 0.4) is 0 Å². The highest BCUT2D eigenvalue weighted by atomic mass is 19.3. The predicted molar refractivity (Wildman–Crippen MR) is 81.5 cm³/mol. The van der Waals surface area contributed by atoms with E-state index in [1.165, 1.54) is 12.1 Å². The van der Waals surface area contributed by atoms with Crippen LogP contribution in [-0.4, -0.2) is 55.3 Å². The Kier molecular flexibility index (Phi) is 6.82. The van der Waals surface area contributed by atoms with Crippen LogP contribution < -0.4 is 10.1 Å². The number of aliphatic hydroxyl groups excluding tert-OH is 1. The van der Waals surface area contributed by atoms with E-state index in [2.05, 4.69) is 15.0 Å². The van der Waals surface area contributed by atoms with E-state index in [-0.39, 0.29) is 18.4 Å².